The number of rotatable bonds is 10. The summed E-state index contributed by atoms with van der Waals surface area (Å²) in [6.45, 7) is 1.39. The molecule has 2 N–H and O–H groups in total. The standard InChI is InChI=1S/C29H27FN6O3S2/c1-41(37,38)10-9-31-15-28-39-27(17-40-28)20-5-7-25-24(13-20)29(33-18-32-25)35-23-6-8-26-21(12-23)14-34-36(26)16-19-3-2-4-22(30)11-19/h2-8,11-14,17-18,28,31H,9-10,15-16H2,1H3,(H,32,33,35). The molecule has 0 spiro atoms. The zero-order valence-electron chi connectivity index (χ0n) is 22.1. The van der Waals surface area contributed by atoms with Crippen LogP contribution in [0.3, 0.4) is 0 Å². The summed E-state index contributed by atoms with van der Waals surface area (Å²) >= 11 is 1.55. The summed E-state index contributed by atoms with van der Waals surface area (Å²) in [4.78, 5) is 8.92. The number of hydrogen-bond acceptors (Lipinski definition) is 9. The van der Waals surface area contributed by atoms with Crippen LogP contribution >= 0.6 is 11.8 Å². The molecule has 0 fully saturated rings. The zero-order chi connectivity index (χ0) is 28.4. The molecule has 1 aliphatic heterocycles. The highest BCUT2D eigenvalue weighted by Crippen LogP contribution is 2.35. The lowest BCUT2D eigenvalue weighted by molar-refractivity contribution is 0.252. The van der Waals surface area contributed by atoms with Gasteiger partial charge in [0.2, 0.25) is 0 Å². The van der Waals surface area contributed by atoms with Gasteiger partial charge in [0, 0.05) is 46.8 Å². The van der Waals surface area contributed by atoms with E-state index < -0.39 is 9.84 Å². The van der Waals surface area contributed by atoms with Gasteiger partial charge in [0.1, 0.15) is 33.6 Å². The number of nitrogens with one attached hydrogen (secondary N) is 2. The Labute approximate surface area is 240 Å². The van der Waals surface area contributed by atoms with Crippen LogP contribution in [0.1, 0.15) is 11.1 Å². The van der Waals surface area contributed by atoms with Gasteiger partial charge in [-0.15, -0.1) is 0 Å². The van der Waals surface area contributed by atoms with Gasteiger partial charge < -0.3 is 15.4 Å². The second-order valence-electron chi connectivity index (χ2n) is 9.78. The first-order valence-corrected chi connectivity index (χ1v) is 15.9. The summed E-state index contributed by atoms with van der Waals surface area (Å²) < 4.78 is 44.2. The van der Waals surface area contributed by atoms with E-state index >= 15 is 0 Å². The van der Waals surface area contributed by atoms with Crippen molar-refractivity contribution in [3.05, 3.63) is 95.5 Å². The maximum Gasteiger partial charge on any atom is 0.160 e. The molecular weight excluding hydrogens is 563 g/mol. The van der Waals surface area contributed by atoms with E-state index in [1.54, 1.807) is 24.0 Å². The first-order chi connectivity index (χ1) is 19.8. The van der Waals surface area contributed by atoms with E-state index in [0.717, 1.165) is 44.4 Å². The maximum atomic E-state index is 13.6. The van der Waals surface area contributed by atoms with Crippen LogP contribution in [0.25, 0.3) is 27.6 Å². The molecule has 3 heterocycles. The molecule has 2 aromatic heterocycles. The van der Waals surface area contributed by atoms with Gasteiger partial charge in [-0.25, -0.2) is 22.8 Å². The molecule has 0 bridgehead atoms. The minimum absolute atomic E-state index is 0.0926. The maximum absolute atomic E-state index is 13.6. The number of benzene rings is 3. The topological polar surface area (TPSA) is 111 Å². The lowest BCUT2D eigenvalue weighted by Gasteiger charge is -2.14. The predicted octanol–water partition coefficient (Wildman–Crippen LogP) is 4.93. The molecule has 1 unspecified atom stereocenters. The van der Waals surface area contributed by atoms with Gasteiger partial charge in [-0.3, -0.25) is 4.68 Å². The van der Waals surface area contributed by atoms with Crippen LogP contribution in [0.5, 0.6) is 0 Å². The molecule has 0 amide bonds. The largest absolute Gasteiger partial charge is 0.477 e. The Morgan fingerprint density at radius 1 is 1.10 bits per heavy atom. The third-order valence-electron chi connectivity index (χ3n) is 6.59. The molecule has 0 saturated carbocycles. The Morgan fingerprint density at radius 3 is 2.85 bits per heavy atom. The molecule has 1 aliphatic rings. The van der Waals surface area contributed by atoms with Crippen LogP contribution in [0.2, 0.25) is 0 Å². The van der Waals surface area contributed by atoms with E-state index in [1.165, 1.54) is 24.7 Å². The third-order valence-corrected chi connectivity index (χ3v) is 8.45. The normalized spacial score (nSPS) is 15.3. The minimum atomic E-state index is -3.00. The molecule has 0 aliphatic carbocycles. The predicted molar refractivity (Wildman–Crippen MR) is 161 cm³/mol. The van der Waals surface area contributed by atoms with E-state index in [1.807, 2.05) is 52.6 Å². The van der Waals surface area contributed by atoms with Crippen LogP contribution in [0.4, 0.5) is 15.9 Å². The summed E-state index contributed by atoms with van der Waals surface area (Å²) in [6.07, 6.45) is 4.55. The fourth-order valence-electron chi connectivity index (χ4n) is 4.58. The third kappa shape index (κ3) is 6.50. The number of hydrogen-bond donors (Lipinski definition) is 2. The van der Waals surface area contributed by atoms with Gasteiger partial charge >= 0.3 is 0 Å². The van der Waals surface area contributed by atoms with Gasteiger partial charge in [-0.2, -0.15) is 5.10 Å². The molecule has 41 heavy (non-hydrogen) atoms. The fourth-order valence-corrected chi connectivity index (χ4v) is 5.94. The van der Waals surface area contributed by atoms with Gasteiger partial charge in [-0.05, 0) is 54.1 Å². The van der Waals surface area contributed by atoms with Crippen molar-refractivity contribution in [3.63, 3.8) is 0 Å². The molecule has 210 valence electrons. The second-order valence-corrected chi connectivity index (χ2v) is 13.1. The van der Waals surface area contributed by atoms with E-state index in [2.05, 4.69) is 25.7 Å². The van der Waals surface area contributed by atoms with Crippen LogP contribution in [-0.2, 0) is 21.1 Å². The SMILES string of the molecule is CS(=O)(=O)CCNCC1OC(c2ccc3ncnc(Nc4ccc5c(cnn5Cc5cccc(F)c5)c4)c3c2)=CS1. The number of thioether (sulfide) groups is 1. The Balaban J connectivity index is 1.17. The van der Waals surface area contributed by atoms with Crippen LogP contribution in [-0.4, -0.2) is 58.7 Å². The van der Waals surface area contributed by atoms with Crippen molar-refractivity contribution in [1.29, 1.82) is 0 Å². The molecular formula is C29H27FN6O3S2. The Morgan fingerprint density at radius 2 is 2.00 bits per heavy atom. The van der Waals surface area contributed by atoms with Crippen molar-refractivity contribution in [2.45, 2.75) is 12.0 Å². The molecule has 5 aromatic rings. The van der Waals surface area contributed by atoms with Crippen molar-refractivity contribution >= 4 is 60.7 Å². The lowest BCUT2D eigenvalue weighted by Crippen LogP contribution is -2.29. The van der Waals surface area contributed by atoms with Gasteiger partial charge in [0.05, 0.1) is 29.5 Å². The van der Waals surface area contributed by atoms with E-state index in [-0.39, 0.29) is 17.0 Å². The van der Waals surface area contributed by atoms with Gasteiger partial charge in [0.15, 0.2) is 5.44 Å². The molecule has 1 atom stereocenters. The van der Waals surface area contributed by atoms with Crippen molar-refractivity contribution in [1.82, 2.24) is 25.1 Å². The number of ether oxygens (including phenoxy) is 1. The van der Waals surface area contributed by atoms with Crippen molar-refractivity contribution in [2.24, 2.45) is 0 Å². The monoisotopic (exact) mass is 590 g/mol. The number of nitrogens with zero attached hydrogens (tertiary/aromatic N) is 4. The molecule has 6 rings (SSSR count). The van der Waals surface area contributed by atoms with Crippen molar-refractivity contribution in [3.8, 4) is 0 Å². The first kappa shape index (κ1) is 27.2. The highest BCUT2D eigenvalue weighted by molar-refractivity contribution is 8.03. The number of aromatic nitrogens is 4. The van der Waals surface area contributed by atoms with E-state index in [0.29, 0.717) is 25.5 Å². The summed E-state index contributed by atoms with van der Waals surface area (Å²) in [7, 11) is -3.00. The first-order valence-electron chi connectivity index (χ1n) is 12.9. The molecule has 9 nitrogen and oxygen atoms in total. The summed E-state index contributed by atoms with van der Waals surface area (Å²) in [6, 6.07) is 18.4. The zero-order valence-corrected chi connectivity index (χ0v) is 23.8. The number of halogens is 1. The second kappa shape index (κ2) is 11.5. The minimum Gasteiger partial charge on any atom is -0.477 e. The van der Waals surface area contributed by atoms with Gasteiger partial charge in [-0.1, -0.05) is 23.9 Å². The average molecular weight is 591 g/mol. The quantitative estimate of drug-likeness (QED) is 0.219. The number of sulfone groups is 1. The summed E-state index contributed by atoms with van der Waals surface area (Å²) in [5, 5.41) is 14.8. The molecule has 3 aromatic carbocycles. The Kier molecular flexibility index (Phi) is 7.61. The molecule has 0 saturated heterocycles. The highest BCUT2D eigenvalue weighted by Gasteiger charge is 2.21. The van der Waals surface area contributed by atoms with Crippen LogP contribution < -0.4 is 10.6 Å². The lowest BCUT2D eigenvalue weighted by atomic mass is 10.1. The van der Waals surface area contributed by atoms with Crippen molar-refractivity contribution < 1.29 is 17.5 Å². The fraction of sp³-hybridized carbons (Fsp3) is 0.207. The Bertz CT molecular complexity index is 1880. The highest BCUT2D eigenvalue weighted by atomic mass is 32.2. The van der Waals surface area contributed by atoms with Crippen LogP contribution in [0.15, 0.2) is 78.6 Å². The number of fused-ring (bicyclic) bond motifs is 2. The van der Waals surface area contributed by atoms with Crippen molar-refractivity contribution in [2.75, 3.05) is 30.4 Å². The molecule has 0 radical (unpaired) electrons. The Hall–Kier alpha value is -4.00. The molecule has 12 heteroatoms. The summed E-state index contributed by atoms with van der Waals surface area (Å²) in [5.41, 5.74) is 4.18. The number of anilines is 2. The van der Waals surface area contributed by atoms with Crippen LogP contribution in [0, 0.1) is 5.82 Å². The van der Waals surface area contributed by atoms with E-state index in [9.17, 15) is 12.8 Å². The van der Waals surface area contributed by atoms with Gasteiger partial charge in [0.25, 0.3) is 0 Å². The average Bonchev–Trinajstić information content (AvgIpc) is 3.58. The summed E-state index contributed by atoms with van der Waals surface area (Å²) in [5.74, 6) is 1.23. The van der Waals surface area contributed by atoms with E-state index in [4.69, 9.17) is 4.74 Å². The smallest absolute Gasteiger partial charge is 0.160 e.